The van der Waals surface area contributed by atoms with Gasteiger partial charge in [-0.1, -0.05) is 36.4 Å². The third-order valence-electron chi connectivity index (χ3n) is 6.05. The van der Waals surface area contributed by atoms with Crippen LogP contribution >= 0.6 is 0 Å². The molecule has 0 unspecified atom stereocenters. The average Bonchev–Trinajstić information content (AvgIpc) is 3.28. The number of hydrogen-bond donors (Lipinski definition) is 2. The molecular formula is C23H28N4O3. The zero-order valence-electron chi connectivity index (χ0n) is 17.4. The van der Waals surface area contributed by atoms with Gasteiger partial charge in [0.25, 0.3) is 0 Å². The molecule has 7 nitrogen and oxygen atoms in total. The summed E-state index contributed by atoms with van der Waals surface area (Å²) >= 11 is 0. The number of carbonyl (C=O) groups excluding carboxylic acids is 1. The summed E-state index contributed by atoms with van der Waals surface area (Å²) in [7, 11) is 3.56. The Balaban J connectivity index is 1.53. The molecule has 1 amide bonds. The molecule has 2 aromatic carbocycles. The summed E-state index contributed by atoms with van der Waals surface area (Å²) < 4.78 is 1.56. The van der Waals surface area contributed by atoms with Crippen molar-refractivity contribution in [3.8, 4) is 0 Å². The number of H-pyrrole nitrogens is 1. The highest BCUT2D eigenvalue weighted by Crippen LogP contribution is 2.24. The number of hydrogen-bond acceptors (Lipinski definition) is 4. The minimum Gasteiger partial charge on any atom is -0.392 e. The lowest BCUT2D eigenvalue weighted by Crippen LogP contribution is -2.39. The van der Waals surface area contributed by atoms with E-state index in [-0.39, 0.29) is 30.2 Å². The molecule has 2 atom stereocenters. The van der Waals surface area contributed by atoms with Crippen LogP contribution in [0.2, 0.25) is 0 Å². The second-order valence-electron chi connectivity index (χ2n) is 8.15. The summed E-state index contributed by atoms with van der Waals surface area (Å²) in [4.78, 5) is 31.8. The van der Waals surface area contributed by atoms with Gasteiger partial charge < -0.3 is 15.0 Å². The lowest BCUT2D eigenvalue weighted by atomic mass is 10.0. The SMILES string of the molecule is CN(C(=O)Cc1ccc2c(c1)[nH]c(=O)n2C)[C@H](CN1CC[C@H](O)C1)c1ccccc1. The smallest absolute Gasteiger partial charge is 0.326 e. The molecule has 1 saturated heterocycles. The van der Waals surface area contributed by atoms with Gasteiger partial charge in [0.15, 0.2) is 0 Å². The number of nitrogens with one attached hydrogen (secondary N) is 1. The highest BCUT2D eigenvalue weighted by atomic mass is 16.3. The molecule has 0 radical (unpaired) electrons. The molecule has 1 fully saturated rings. The number of aliphatic hydroxyl groups excluding tert-OH is 1. The first-order valence-corrected chi connectivity index (χ1v) is 10.3. The van der Waals surface area contributed by atoms with Crippen LogP contribution in [0.5, 0.6) is 0 Å². The fraction of sp³-hybridized carbons (Fsp3) is 0.391. The van der Waals surface area contributed by atoms with Gasteiger partial charge in [-0.3, -0.25) is 14.3 Å². The van der Waals surface area contributed by atoms with Gasteiger partial charge in [-0.2, -0.15) is 0 Å². The predicted molar refractivity (Wildman–Crippen MR) is 116 cm³/mol. The topological polar surface area (TPSA) is 81.6 Å². The van der Waals surface area contributed by atoms with Crippen molar-refractivity contribution in [2.24, 2.45) is 7.05 Å². The molecule has 4 rings (SSSR count). The first-order valence-electron chi connectivity index (χ1n) is 10.3. The maximum atomic E-state index is 13.2. The van der Waals surface area contributed by atoms with Crippen molar-refractivity contribution in [1.29, 1.82) is 0 Å². The second kappa shape index (κ2) is 8.45. The molecule has 0 saturated carbocycles. The number of aromatic nitrogens is 2. The van der Waals surface area contributed by atoms with E-state index >= 15 is 0 Å². The molecule has 3 aromatic rings. The summed E-state index contributed by atoms with van der Waals surface area (Å²) in [6.45, 7) is 2.17. The van der Waals surface area contributed by atoms with Crippen LogP contribution in [0.4, 0.5) is 0 Å². The van der Waals surface area contributed by atoms with E-state index in [4.69, 9.17) is 0 Å². The number of aliphatic hydroxyl groups is 1. The van der Waals surface area contributed by atoms with E-state index in [9.17, 15) is 14.7 Å². The normalized spacial score (nSPS) is 18.0. The molecule has 0 aliphatic carbocycles. The monoisotopic (exact) mass is 408 g/mol. The number of likely N-dealkylation sites (tertiary alicyclic amines) is 1. The molecule has 0 spiro atoms. The zero-order valence-corrected chi connectivity index (χ0v) is 17.4. The summed E-state index contributed by atoms with van der Waals surface area (Å²) in [5.74, 6) is 0.0150. The fourth-order valence-corrected chi connectivity index (χ4v) is 4.22. The largest absolute Gasteiger partial charge is 0.392 e. The van der Waals surface area contributed by atoms with Gasteiger partial charge in [0, 0.05) is 33.7 Å². The first-order chi connectivity index (χ1) is 14.4. The number of aromatic amines is 1. The number of imidazole rings is 1. The molecule has 1 aliphatic rings. The van der Waals surface area contributed by atoms with Crippen LogP contribution < -0.4 is 5.69 Å². The highest BCUT2D eigenvalue weighted by molar-refractivity contribution is 5.82. The first kappa shape index (κ1) is 20.4. The number of amides is 1. The summed E-state index contributed by atoms with van der Waals surface area (Å²) in [6.07, 6.45) is 0.742. The van der Waals surface area contributed by atoms with Crippen LogP contribution in [0.3, 0.4) is 0 Å². The van der Waals surface area contributed by atoms with Crippen LogP contribution in [-0.4, -0.2) is 63.2 Å². The predicted octanol–water partition coefficient (Wildman–Crippen LogP) is 1.68. The number of carbonyl (C=O) groups is 1. The van der Waals surface area contributed by atoms with E-state index in [1.54, 1.807) is 16.5 Å². The van der Waals surface area contributed by atoms with Crippen molar-refractivity contribution in [3.05, 3.63) is 70.1 Å². The molecule has 1 aromatic heterocycles. The Morgan fingerprint density at radius 1 is 1.27 bits per heavy atom. The van der Waals surface area contributed by atoms with Crippen molar-refractivity contribution >= 4 is 16.9 Å². The lowest BCUT2D eigenvalue weighted by molar-refractivity contribution is -0.131. The van der Waals surface area contributed by atoms with E-state index in [2.05, 4.69) is 9.88 Å². The Hall–Kier alpha value is -2.90. The number of rotatable bonds is 6. The maximum Gasteiger partial charge on any atom is 0.326 e. The average molecular weight is 409 g/mol. The Morgan fingerprint density at radius 2 is 2.03 bits per heavy atom. The maximum absolute atomic E-state index is 13.2. The van der Waals surface area contributed by atoms with Crippen LogP contribution in [0.15, 0.2) is 53.3 Å². The Morgan fingerprint density at radius 3 is 2.73 bits per heavy atom. The Kier molecular flexibility index (Phi) is 5.74. The third kappa shape index (κ3) is 4.17. The number of aryl methyl sites for hydroxylation is 1. The zero-order chi connectivity index (χ0) is 21.3. The van der Waals surface area contributed by atoms with Crippen molar-refractivity contribution in [2.45, 2.75) is 25.0 Å². The second-order valence-corrected chi connectivity index (χ2v) is 8.15. The van der Waals surface area contributed by atoms with Gasteiger partial charge in [-0.05, 0) is 29.7 Å². The number of fused-ring (bicyclic) bond motifs is 1. The van der Waals surface area contributed by atoms with Gasteiger partial charge in [-0.25, -0.2) is 4.79 Å². The van der Waals surface area contributed by atoms with Gasteiger partial charge in [0.05, 0.1) is 29.6 Å². The minimum absolute atomic E-state index is 0.0150. The highest BCUT2D eigenvalue weighted by Gasteiger charge is 2.28. The summed E-state index contributed by atoms with van der Waals surface area (Å²) in [5, 5.41) is 9.88. The van der Waals surface area contributed by atoms with Crippen molar-refractivity contribution in [2.75, 3.05) is 26.7 Å². The lowest BCUT2D eigenvalue weighted by Gasteiger charge is -2.32. The molecule has 1 aliphatic heterocycles. The Bertz CT molecular complexity index is 1090. The van der Waals surface area contributed by atoms with Crippen LogP contribution in [0, 0.1) is 0 Å². The van der Waals surface area contributed by atoms with Gasteiger partial charge in [0.2, 0.25) is 5.91 Å². The van der Waals surface area contributed by atoms with Crippen molar-refractivity contribution in [3.63, 3.8) is 0 Å². The van der Waals surface area contributed by atoms with Gasteiger partial charge >= 0.3 is 5.69 Å². The van der Waals surface area contributed by atoms with Crippen LogP contribution in [0.1, 0.15) is 23.6 Å². The summed E-state index contributed by atoms with van der Waals surface area (Å²) in [5.41, 5.74) is 3.34. The number of benzene rings is 2. The third-order valence-corrected chi connectivity index (χ3v) is 6.05. The molecule has 2 N–H and O–H groups in total. The molecule has 0 bridgehead atoms. The van der Waals surface area contributed by atoms with E-state index in [1.165, 1.54) is 0 Å². The van der Waals surface area contributed by atoms with E-state index in [0.717, 1.165) is 35.1 Å². The van der Waals surface area contributed by atoms with Crippen molar-refractivity contribution < 1.29 is 9.90 Å². The molecule has 7 heteroatoms. The molecule has 158 valence electrons. The quantitative estimate of drug-likeness (QED) is 0.650. The van der Waals surface area contributed by atoms with E-state index in [0.29, 0.717) is 13.1 Å². The van der Waals surface area contributed by atoms with Crippen molar-refractivity contribution in [1.82, 2.24) is 19.4 Å². The number of nitrogens with zero attached hydrogens (tertiary/aromatic N) is 3. The van der Waals surface area contributed by atoms with Gasteiger partial charge in [-0.15, -0.1) is 0 Å². The van der Waals surface area contributed by atoms with Crippen LogP contribution in [0.25, 0.3) is 11.0 Å². The number of β-amino-alcohol motifs (C(OH)–C–C–N with tert-alkyl or cyclic N) is 1. The molecular weight excluding hydrogens is 380 g/mol. The molecule has 30 heavy (non-hydrogen) atoms. The van der Waals surface area contributed by atoms with E-state index in [1.807, 2.05) is 55.6 Å². The van der Waals surface area contributed by atoms with E-state index < -0.39 is 0 Å². The standard InChI is InChI=1S/C23H28N4O3/c1-25(21(17-6-4-3-5-7-17)15-27-11-10-18(28)14-27)22(29)13-16-8-9-20-19(12-16)24-23(30)26(20)2/h3-9,12,18,21,28H,10-11,13-15H2,1-2H3,(H,24,30)/t18-,21+/m0/s1. The van der Waals surface area contributed by atoms with Crippen LogP contribution in [-0.2, 0) is 18.3 Å². The van der Waals surface area contributed by atoms with Gasteiger partial charge in [0.1, 0.15) is 0 Å². The number of likely N-dealkylation sites (N-methyl/N-ethyl adjacent to an activating group) is 1. The fourth-order valence-electron chi connectivity index (χ4n) is 4.22. The minimum atomic E-state index is -0.290. The molecule has 2 heterocycles. The summed E-state index contributed by atoms with van der Waals surface area (Å²) in [6, 6.07) is 15.6. The Labute approximate surface area is 175 Å².